The number of nitrogens with two attached hydrogens (primary N) is 1. The van der Waals surface area contributed by atoms with Gasteiger partial charge in [0, 0.05) is 37.3 Å². The lowest BCUT2D eigenvalue weighted by Gasteiger charge is -2.33. The molecule has 1 unspecified atom stereocenters. The zero-order valence-corrected chi connectivity index (χ0v) is 21.7. The second kappa shape index (κ2) is 12.5. The van der Waals surface area contributed by atoms with Crippen molar-refractivity contribution in [2.45, 2.75) is 18.9 Å². The maximum Gasteiger partial charge on any atom is 0.255 e. The number of carbonyl (C=O) groups is 2. The first-order chi connectivity index (χ1) is 17.3. The number of anilines is 1. The number of carbonyl (C=O) groups excluding carboxylic acids is 2. The monoisotopic (exact) mass is 520 g/mol. The highest BCUT2D eigenvalue weighted by atomic mass is 35.5. The van der Waals surface area contributed by atoms with Gasteiger partial charge in [0.2, 0.25) is 5.75 Å². The van der Waals surface area contributed by atoms with E-state index in [9.17, 15) is 9.59 Å². The van der Waals surface area contributed by atoms with Crippen LogP contribution in [0, 0.1) is 0 Å². The van der Waals surface area contributed by atoms with Gasteiger partial charge in [0.1, 0.15) is 5.75 Å². The molecule has 1 fully saturated rings. The van der Waals surface area contributed by atoms with Gasteiger partial charge in [-0.1, -0.05) is 11.6 Å². The van der Waals surface area contributed by atoms with Crippen molar-refractivity contribution in [1.82, 2.24) is 15.5 Å². The third-order valence-electron chi connectivity index (χ3n) is 6.04. The topological polar surface area (TPSA) is 124 Å². The number of rotatable bonds is 10. The van der Waals surface area contributed by atoms with Crippen LogP contribution >= 0.6 is 11.6 Å². The smallest absolute Gasteiger partial charge is 0.255 e. The fraction of sp³-hybridized carbons (Fsp3) is 0.440. The first kappa shape index (κ1) is 27.2. The van der Waals surface area contributed by atoms with Gasteiger partial charge in [0.15, 0.2) is 11.5 Å². The molecule has 1 atom stereocenters. The number of hydrogen-bond acceptors (Lipinski definition) is 8. The molecular weight excluding hydrogens is 488 g/mol. The molecule has 0 spiro atoms. The quantitative estimate of drug-likeness (QED) is 0.408. The Bertz CT molecular complexity index is 1070. The Labute approximate surface area is 216 Å². The summed E-state index contributed by atoms with van der Waals surface area (Å²) in [6.45, 7) is 2.61. The van der Waals surface area contributed by atoms with Gasteiger partial charge >= 0.3 is 0 Å². The molecule has 11 heteroatoms. The van der Waals surface area contributed by atoms with Gasteiger partial charge in [-0.3, -0.25) is 14.5 Å². The van der Waals surface area contributed by atoms with E-state index in [-0.39, 0.29) is 17.9 Å². The average molecular weight is 521 g/mol. The Hall–Kier alpha value is -3.37. The summed E-state index contributed by atoms with van der Waals surface area (Å²) in [7, 11) is 6.00. The summed E-state index contributed by atoms with van der Waals surface area (Å²) in [4.78, 5) is 27.8. The summed E-state index contributed by atoms with van der Waals surface area (Å²) in [6.07, 6.45) is 1.79. The Balaban J connectivity index is 1.56. The van der Waals surface area contributed by atoms with Gasteiger partial charge in [-0.15, -0.1) is 0 Å². The molecule has 4 N–H and O–H groups in total. The largest absolute Gasteiger partial charge is 0.496 e. The summed E-state index contributed by atoms with van der Waals surface area (Å²) in [5, 5.41) is 6.29. The van der Waals surface area contributed by atoms with E-state index in [1.165, 1.54) is 40.6 Å². The number of ether oxygens (including phenoxy) is 4. The molecule has 196 valence electrons. The SMILES string of the molecule is COc1cc(N)c(Cl)cc1C(=O)NCCN1CCCC(NC(=O)c2cc(OC)c(OC)c(OC)c2)C1. The molecule has 1 heterocycles. The summed E-state index contributed by atoms with van der Waals surface area (Å²) in [5.74, 6) is 1.12. The van der Waals surface area contributed by atoms with Crippen LogP contribution in [-0.4, -0.2) is 77.4 Å². The minimum absolute atomic E-state index is 0.0305. The third kappa shape index (κ3) is 6.44. The number of nitrogen functional groups attached to an aromatic ring is 1. The molecule has 0 saturated carbocycles. The van der Waals surface area contributed by atoms with Crippen molar-refractivity contribution in [2.24, 2.45) is 0 Å². The maximum atomic E-state index is 13.0. The highest BCUT2D eigenvalue weighted by Gasteiger charge is 2.24. The lowest BCUT2D eigenvalue weighted by Crippen LogP contribution is -2.49. The van der Waals surface area contributed by atoms with E-state index in [0.717, 1.165) is 19.4 Å². The van der Waals surface area contributed by atoms with Crippen LogP contribution in [0.3, 0.4) is 0 Å². The van der Waals surface area contributed by atoms with E-state index >= 15 is 0 Å². The Morgan fingerprint density at radius 2 is 1.67 bits per heavy atom. The number of nitrogens with zero attached hydrogens (tertiary/aromatic N) is 1. The van der Waals surface area contributed by atoms with Crippen LogP contribution in [0.4, 0.5) is 5.69 Å². The van der Waals surface area contributed by atoms with Crippen LogP contribution in [0.1, 0.15) is 33.6 Å². The zero-order chi connectivity index (χ0) is 26.2. The lowest BCUT2D eigenvalue weighted by molar-refractivity contribution is 0.0901. The maximum absolute atomic E-state index is 13.0. The van der Waals surface area contributed by atoms with E-state index < -0.39 is 0 Å². The molecule has 0 radical (unpaired) electrons. The van der Waals surface area contributed by atoms with Gasteiger partial charge in [0.25, 0.3) is 11.8 Å². The van der Waals surface area contributed by atoms with Gasteiger partial charge in [-0.2, -0.15) is 0 Å². The van der Waals surface area contributed by atoms with Crippen molar-refractivity contribution < 1.29 is 28.5 Å². The molecule has 0 aliphatic carbocycles. The molecule has 2 amide bonds. The molecule has 2 aromatic rings. The number of nitrogens with one attached hydrogen (secondary N) is 2. The van der Waals surface area contributed by atoms with E-state index in [1.807, 2.05) is 0 Å². The van der Waals surface area contributed by atoms with E-state index in [0.29, 0.717) is 64.5 Å². The first-order valence-electron chi connectivity index (χ1n) is 11.6. The second-order valence-electron chi connectivity index (χ2n) is 8.36. The van der Waals surface area contributed by atoms with Crippen LogP contribution in [0.5, 0.6) is 23.0 Å². The molecule has 1 aliphatic rings. The van der Waals surface area contributed by atoms with Crippen LogP contribution in [-0.2, 0) is 0 Å². The van der Waals surface area contributed by atoms with E-state index in [4.69, 9.17) is 36.3 Å². The second-order valence-corrected chi connectivity index (χ2v) is 8.76. The van der Waals surface area contributed by atoms with Gasteiger partial charge < -0.3 is 35.3 Å². The van der Waals surface area contributed by atoms with Crippen LogP contribution in [0.2, 0.25) is 5.02 Å². The standard InChI is InChI=1S/C25H33ClN4O6/c1-33-20-13-19(27)18(26)12-17(20)25(32)28-7-9-30-8-5-6-16(14-30)29-24(31)15-10-21(34-2)23(36-4)22(11-15)35-3/h10-13,16H,5-9,14,27H2,1-4H3,(H,28,32)(H,29,31). The average Bonchev–Trinajstić information content (AvgIpc) is 2.89. The molecule has 3 rings (SSSR count). The van der Waals surface area contributed by atoms with Crippen molar-refractivity contribution in [2.75, 3.05) is 60.4 Å². The number of amides is 2. The van der Waals surface area contributed by atoms with Gasteiger partial charge in [-0.05, 0) is 37.6 Å². The number of hydrogen-bond donors (Lipinski definition) is 3. The fourth-order valence-corrected chi connectivity index (χ4v) is 4.36. The Morgan fingerprint density at radius 3 is 2.28 bits per heavy atom. The Kier molecular flexibility index (Phi) is 9.49. The number of methoxy groups -OCH3 is 4. The number of benzene rings is 2. The van der Waals surface area contributed by atoms with E-state index in [1.54, 1.807) is 12.1 Å². The highest BCUT2D eigenvalue weighted by molar-refractivity contribution is 6.33. The minimum atomic E-state index is -0.294. The molecule has 10 nitrogen and oxygen atoms in total. The van der Waals surface area contributed by atoms with Crippen LogP contribution in [0.15, 0.2) is 24.3 Å². The highest BCUT2D eigenvalue weighted by Crippen LogP contribution is 2.38. The summed E-state index contributed by atoms with van der Waals surface area (Å²) in [5.41, 5.74) is 6.88. The molecule has 0 aromatic heterocycles. The number of halogens is 1. The van der Waals surface area contributed by atoms with Crippen molar-refractivity contribution in [3.63, 3.8) is 0 Å². The Morgan fingerprint density at radius 1 is 1.00 bits per heavy atom. The molecular formula is C25H33ClN4O6. The van der Waals surface area contributed by atoms with Crippen LogP contribution < -0.4 is 35.3 Å². The summed E-state index contributed by atoms with van der Waals surface area (Å²) < 4.78 is 21.3. The molecule has 1 aliphatic heterocycles. The zero-order valence-electron chi connectivity index (χ0n) is 21.0. The molecule has 2 aromatic carbocycles. The van der Waals surface area contributed by atoms with Crippen LogP contribution in [0.25, 0.3) is 0 Å². The van der Waals surface area contributed by atoms with Crippen molar-refractivity contribution >= 4 is 29.1 Å². The predicted molar refractivity (Wildman–Crippen MR) is 138 cm³/mol. The molecule has 1 saturated heterocycles. The fourth-order valence-electron chi connectivity index (χ4n) is 4.20. The first-order valence-corrected chi connectivity index (χ1v) is 11.9. The number of likely N-dealkylation sites (tertiary alicyclic amines) is 1. The van der Waals surface area contributed by atoms with E-state index in [2.05, 4.69) is 15.5 Å². The van der Waals surface area contributed by atoms with Crippen molar-refractivity contribution in [3.8, 4) is 23.0 Å². The summed E-state index contributed by atoms with van der Waals surface area (Å²) in [6, 6.07) is 6.26. The lowest BCUT2D eigenvalue weighted by atomic mass is 10.0. The van der Waals surface area contributed by atoms with Crippen molar-refractivity contribution in [3.05, 3.63) is 40.4 Å². The van der Waals surface area contributed by atoms with Gasteiger partial charge in [0.05, 0.1) is 44.7 Å². The number of piperidine rings is 1. The molecule has 0 bridgehead atoms. The molecule has 36 heavy (non-hydrogen) atoms. The normalized spacial score (nSPS) is 15.6. The minimum Gasteiger partial charge on any atom is -0.496 e. The van der Waals surface area contributed by atoms with Gasteiger partial charge in [-0.25, -0.2) is 0 Å². The van der Waals surface area contributed by atoms with Crippen molar-refractivity contribution in [1.29, 1.82) is 0 Å². The predicted octanol–water partition coefficient (Wildman–Crippen LogP) is 2.58. The summed E-state index contributed by atoms with van der Waals surface area (Å²) >= 11 is 6.07. The third-order valence-corrected chi connectivity index (χ3v) is 6.37.